The summed E-state index contributed by atoms with van der Waals surface area (Å²) in [7, 11) is -3.21. The van der Waals surface area contributed by atoms with Crippen LogP contribution in [0.5, 0.6) is 0 Å². The van der Waals surface area contributed by atoms with Crippen LogP contribution in [0.25, 0.3) is 0 Å². The summed E-state index contributed by atoms with van der Waals surface area (Å²) in [6.45, 7) is 7.02. The smallest absolute Gasteiger partial charge is 0.223 e. The summed E-state index contributed by atoms with van der Waals surface area (Å²) in [6.07, 6.45) is 1.21. The molecule has 26 heavy (non-hydrogen) atoms. The Balaban J connectivity index is 0.00000338. The fourth-order valence-electron chi connectivity index (χ4n) is 2.31. The van der Waals surface area contributed by atoms with Crippen molar-refractivity contribution in [3.05, 3.63) is 41.0 Å². The molecule has 0 bridgehead atoms. The summed E-state index contributed by atoms with van der Waals surface area (Å²) in [5.74, 6) is 1.69. The minimum absolute atomic E-state index is 0. The average molecular weight is 493 g/mol. The zero-order chi connectivity index (χ0) is 18.4. The molecule has 1 heterocycles. The number of aromatic nitrogens is 2. The average Bonchev–Trinajstić information content (AvgIpc) is 2.94. The lowest BCUT2D eigenvalue weighted by Crippen LogP contribution is -2.37. The zero-order valence-electron chi connectivity index (χ0n) is 15.2. The molecular weight excluding hydrogens is 469 g/mol. The summed E-state index contributed by atoms with van der Waals surface area (Å²) in [5.41, 5.74) is 1.65. The van der Waals surface area contributed by atoms with E-state index < -0.39 is 9.84 Å². The van der Waals surface area contributed by atoms with Crippen LogP contribution in [0.2, 0.25) is 0 Å². The second-order valence-electron chi connectivity index (χ2n) is 5.65. The lowest BCUT2D eigenvalue weighted by atomic mass is 10.1. The number of nitrogens with zero attached hydrogens (tertiary/aromatic N) is 3. The first-order valence-electron chi connectivity index (χ1n) is 7.90. The summed E-state index contributed by atoms with van der Waals surface area (Å²) < 4.78 is 28.3. The van der Waals surface area contributed by atoms with Crippen molar-refractivity contribution in [3.63, 3.8) is 0 Å². The third-order valence-corrected chi connectivity index (χ3v) is 4.64. The zero-order valence-corrected chi connectivity index (χ0v) is 18.4. The molecule has 2 N–H and O–H groups in total. The van der Waals surface area contributed by atoms with E-state index in [0.717, 1.165) is 11.1 Å². The highest BCUT2D eigenvalue weighted by Crippen LogP contribution is 2.17. The van der Waals surface area contributed by atoms with E-state index in [9.17, 15) is 8.42 Å². The van der Waals surface area contributed by atoms with E-state index in [-0.39, 0.29) is 24.0 Å². The molecule has 1 aromatic carbocycles. The van der Waals surface area contributed by atoms with Crippen LogP contribution in [0.3, 0.4) is 0 Å². The molecule has 2 rings (SSSR count). The predicted molar refractivity (Wildman–Crippen MR) is 110 cm³/mol. The van der Waals surface area contributed by atoms with E-state index in [1.807, 2.05) is 13.0 Å². The van der Waals surface area contributed by atoms with Crippen molar-refractivity contribution < 1.29 is 12.9 Å². The second-order valence-corrected chi connectivity index (χ2v) is 7.63. The predicted octanol–water partition coefficient (Wildman–Crippen LogP) is 1.96. The molecule has 0 radical (unpaired) electrons. The fourth-order valence-corrected chi connectivity index (χ4v) is 3.27. The van der Waals surface area contributed by atoms with Gasteiger partial charge in [-0.2, -0.15) is 4.98 Å². The Labute approximate surface area is 170 Å². The second kappa shape index (κ2) is 9.86. The number of benzene rings is 1. The topological polar surface area (TPSA) is 109 Å². The molecule has 0 unspecified atom stereocenters. The minimum atomic E-state index is -3.21. The van der Waals surface area contributed by atoms with Gasteiger partial charge in [-0.25, -0.2) is 13.4 Å². The van der Waals surface area contributed by atoms with E-state index >= 15 is 0 Å². The van der Waals surface area contributed by atoms with Crippen LogP contribution < -0.4 is 10.6 Å². The van der Waals surface area contributed by atoms with Gasteiger partial charge in [0.05, 0.1) is 18.0 Å². The van der Waals surface area contributed by atoms with Gasteiger partial charge in [-0.1, -0.05) is 17.3 Å². The largest absolute Gasteiger partial charge is 0.357 e. The van der Waals surface area contributed by atoms with Crippen LogP contribution >= 0.6 is 24.0 Å². The highest BCUT2D eigenvalue weighted by atomic mass is 127. The molecule has 0 spiro atoms. The molecule has 144 valence electrons. The van der Waals surface area contributed by atoms with Crippen LogP contribution in [0.4, 0.5) is 0 Å². The third-order valence-electron chi connectivity index (χ3n) is 3.39. The number of aliphatic imine (C=N–C) groups is 1. The molecule has 8 nitrogen and oxygen atoms in total. The Morgan fingerprint density at radius 3 is 2.54 bits per heavy atom. The number of guanidine groups is 1. The van der Waals surface area contributed by atoms with Crippen LogP contribution in [0.15, 0.2) is 32.6 Å². The Bertz CT molecular complexity index is 865. The van der Waals surface area contributed by atoms with Crippen LogP contribution in [-0.2, 0) is 22.9 Å². The van der Waals surface area contributed by atoms with Gasteiger partial charge in [0.15, 0.2) is 21.6 Å². The summed E-state index contributed by atoms with van der Waals surface area (Å²) >= 11 is 0. The molecule has 0 aliphatic carbocycles. The molecule has 1 aromatic heterocycles. The van der Waals surface area contributed by atoms with E-state index in [2.05, 4.69) is 25.8 Å². The van der Waals surface area contributed by atoms with Crippen molar-refractivity contribution in [1.29, 1.82) is 0 Å². The normalized spacial score (nSPS) is 11.8. The number of hydrogen-bond donors (Lipinski definition) is 2. The van der Waals surface area contributed by atoms with E-state index in [1.165, 1.54) is 6.26 Å². The third kappa shape index (κ3) is 6.56. The maximum Gasteiger partial charge on any atom is 0.223 e. The van der Waals surface area contributed by atoms with Gasteiger partial charge in [-0.15, -0.1) is 24.0 Å². The lowest BCUT2D eigenvalue weighted by molar-refractivity contribution is 0.387. The first-order chi connectivity index (χ1) is 11.8. The molecule has 2 aromatic rings. The standard InChI is InChI=1S/C16H23N5O3S.HI/c1-5-17-16(19-10-15-20-12(3)24-21-15)18-9-13-6-7-14(11(2)8-13)25(4,22)23;/h6-8H,5,9-10H2,1-4H3,(H2,17,18,19);1H. The van der Waals surface area contributed by atoms with Crippen LogP contribution in [0.1, 0.15) is 29.8 Å². The van der Waals surface area contributed by atoms with Crippen LogP contribution in [-0.4, -0.2) is 37.3 Å². The number of hydrogen-bond acceptors (Lipinski definition) is 6. The molecule has 0 aliphatic heterocycles. The van der Waals surface area contributed by atoms with Crippen molar-refractivity contribution in [1.82, 2.24) is 20.8 Å². The first kappa shape index (κ1) is 22.4. The monoisotopic (exact) mass is 493 g/mol. The number of nitrogens with one attached hydrogen (secondary N) is 2. The maximum atomic E-state index is 11.7. The lowest BCUT2D eigenvalue weighted by Gasteiger charge is -2.10. The molecular formula is C16H24IN5O3S. The molecule has 10 heteroatoms. The van der Waals surface area contributed by atoms with E-state index in [1.54, 1.807) is 26.0 Å². The van der Waals surface area contributed by atoms with Gasteiger partial charge in [0.1, 0.15) is 0 Å². The summed E-state index contributed by atoms with van der Waals surface area (Å²) in [6, 6.07) is 5.24. The number of rotatable bonds is 6. The molecule has 0 saturated heterocycles. The number of aryl methyl sites for hydroxylation is 2. The first-order valence-corrected chi connectivity index (χ1v) is 9.79. The summed E-state index contributed by atoms with van der Waals surface area (Å²) in [5, 5.41) is 10.1. The molecule has 0 saturated carbocycles. The van der Waals surface area contributed by atoms with Crippen molar-refractivity contribution in [3.8, 4) is 0 Å². The molecule has 0 aliphatic rings. The van der Waals surface area contributed by atoms with Gasteiger partial charge < -0.3 is 15.2 Å². The SMILES string of the molecule is CCNC(=NCc1ccc(S(C)(=O)=O)c(C)c1)NCc1noc(C)n1.I. The number of halogens is 1. The van der Waals surface area contributed by atoms with Gasteiger partial charge in [0, 0.05) is 19.7 Å². The van der Waals surface area contributed by atoms with Crippen molar-refractivity contribution >= 4 is 39.8 Å². The minimum Gasteiger partial charge on any atom is -0.357 e. The fraction of sp³-hybridized carbons (Fsp3) is 0.438. The molecule has 0 fully saturated rings. The highest BCUT2D eigenvalue weighted by Gasteiger charge is 2.11. The molecule has 0 atom stereocenters. The quantitative estimate of drug-likeness (QED) is 0.360. The van der Waals surface area contributed by atoms with Gasteiger partial charge in [-0.3, -0.25) is 0 Å². The Morgan fingerprint density at radius 2 is 2.00 bits per heavy atom. The molecule has 0 amide bonds. The van der Waals surface area contributed by atoms with Gasteiger partial charge >= 0.3 is 0 Å². The van der Waals surface area contributed by atoms with Crippen molar-refractivity contribution in [2.24, 2.45) is 4.99 Å². The van der Waals surface area contributed by atoms with Gasteiger partial charge in [0.2, 0.25) is 5.89 Å². The van der Waals surface area contributed by atoms with E-state index in [0.29, 0.717) is 42.2 Å². The van der Waals surface area contributed by atoms with Crippen LogP contribution in [0, 0.1) is 13.8 Å². The van der Waals surface area contributed by atoms with Crippen molar-refractivity contribution in [2.45, 2.75) is 38.8 Å². The highest BCUT2D eigenvalue weighted by molar-refractivity contribution is 14.0. The van der Waals surface area contributed by atoms with Gasteiger partial charge in [0.25, 0.3) is 0 Å². The maximum absolute atomic E-state index is 11.7. The Hall–Kier alpha value is -1.69. The number of sulfone groups is 1. The van der Waals surface area contributed by atoms with Crippen molar-refractivity contribution in [2.75, 3.05) is 12.8 Å². The summed E-state index contributed by atoms with van der Waals surface area (Å²) in [4.78, 5) is 8.97. The van der Waals surface area contributed by atoms with Gasteiger partial charge in [-0.05, 0) is 31.0 Å². The Kier molecular flexibility index (Phi) is 8.47. The Morgan fingerprint density at radius 1 is 1.27 bits per heavy atom. The van der Waals surface area contributed by atoms with E-state index in [4.69, 9.17) is 4.52 Å².